The summed E-state index contributed by atoms with van der Waals surface area (Å²) < 4.78 is 1.22. The van der Waals surface area contributed by atoms with Gasteiger partial charge in [-0.25, -0.2) is 4.98 Å². The van der Waals surface area contributed by atoms with E-state index >= 15 is 0 Å². The number of rotatable bonds is 1. The highest BCUT2D eigenvalue weighted by Gasteiger charge is 2.31. The molecule has 2 aromatic heterocycles. The Morgan fingerprint density at radius 1 is 1.15 bits per heavy atom. The fourth-order valence-corrected chi connectivity index (χ4v) is 4.98. The second-order valence-corrected chi connectivity index (χ2v) is 7.70. The first-order valence-corrected chi connectivity index (χ1v) is 9.45. The Labute approximate surface area is 153 Å². The number of para-hydroxylation sites is 1. The first-order chi connectivity index (χ1) is 12.6. The summed E-state index contributed by atoms with van der Waals surface area (Å²) >= 11 is 1.61. The van der Waals surface area contributed by atoms with Crippen LogP contribution in [-0.4, -0.2) is 28.3 Å². The van der Waals surface area contributed by atoms with Crippen LogP contribution in [0.1, 0.15) is 28.8 Å². The number of hydrogen-bond donors (Lipinski definition) is 0. The predicted octanol–water partition coefficient (Wildman–Crippen LogP) is 2.57. The lowest BCUT2D eigenvalue weighted by Gasteiger charge is -2.09. The van der Waals surface area contributed by atoms with Gasteiger partial charge in [0.1, 0.15) is 11.2 Å². The lowest BCUT2D eigenvalue weighted by atomic mass is 9.97. The van der Waals surface area contributed by atoms with Gasteiger partial charge < -0.3 is 4.90 Å². The Morgan fingerprint density at radius 2 is 1.96 bits per heavy atom. The van der Waals surface area contributed by atoms with Gasteiger partial charge in [-0.1, -0.05) is 18.2 Å². The van der Waals surface area contributed by atoms with E-state index in [0.717, 1.165) is 47.3 Å². The predicted molar refractivity (Wildman–Crippen MR) is 102 cm³/mol. The molecule has 26 heavy (non-hydrogen) atoms. The number of anilines is 1. The van der Waals surface area contributed by atoms with Crippen LogP contribution in [0, 0.1) is 0 Å². The fourth-order valence-electron chi connectivity index (χ4n) is 3.76. The van der Waals surface area contributed by atoms with Gasteiger partial charge in [0.2, 0.25) is 0 Å². The lowest BCUT2D eigenvalue weighted by molar-refractivity contribution is -0.112. The van der Waals surface area contributed by atoms with Gasteiger partial charge in [0.15, 0.2) is 5.71 Å². The van der Waals surface area contributed by atoms with E-state index in [1.165, 1.54) is 15.9 Å². The van der Waals surface area contributed by atoms with Gasteiger partial charge in [0, 0.05) is 17.5 Å². The van der Waals surface area contributed by atoms with Gasteiger partial charge in [0.05, 0.1) is 11.1 Å². The molecule has 0 atom stereocenters. The number of aromatic nitrogens is 2. The summed E-state index contributed by atoms with van der Waals surface area (Å²) in [7, 11) is 1.71. The second kappa shape index (κ2) is 5.60. The molecule has 0 saturated carbocycles. The number of aryl methyl sites for hydroxylation is 2. The van der Waals surface area contributed by atoms with Crippen LogP contribution in [0.3, 0.4) is 0 Å². The van der Waals surface area contributed by atoms with Crippen molar-refractivity contribution < 1.29 is 4.79 Å². The van der Waals surface area contributed by atoms with E-state index in [9.17, 15) is 9.59 Å². The molecule has 5 rings (SSSR count). The molecule has 3 heterocycles. The van der Waals surface area contributed by atoms with Crippen LogP contribution in [0.25, 0.3) is 10.2 Å². The molecule has 0 spiro atoms. The van der Waals surface area contributed by atoms with Crippen molar-refractivity contribution in [3.63, 3.8) is 0 Å². The normalized spacial score (nSPS) is 17.8. The van der Waals surface area contributed by atoms with E-state index in [2.05, 4.69) is 10.1 Å². The van der Waals surface area contributed by atoms with E-state index < -0.39 is 0 Å². The third kappa shape index (κ3) is 2.10. The highest BCUT2D eigenvalue weighted by Crippen LogP contribution is 2.33. The molecule has 0 unspecified atom stereocenters. The minimum atomic E-state index is -0.217. The van der Waals surface area contributed by atoms with Gasteiger partial charge >= 0.3 is 0 Å². The summed E-state index contributed by atoms with van der Waals surface area (Å²) in [5.41, 5.74) is 2.74. The van der Waals surface area contributed by atoms with E-state index in [4.69, 9.17) is 0 Å². The van der Waals surface area contributed by atoms with Crippen molar-refractivity contribution in [1.82, 2.24) is 9.66 Å². The molecule has 1 aliphatic heterocycles. The number of hydrogen-bond acceptors (Lipinski definition) is 5. The third-order valence-corrected chi connectivity index (χ3v) is 6.29. The van der Waals surface area contributed by atoms with Crippen LogP contribution in [0.2, 0.25) is 0 Å². The second-order valence-electron chi connectivity index (χ2n) is 6.62. The topological polar surface area (TPSA) is 67.6 Å². The SMILES string of the molecule is CN1C(=O)C(=Nn2cnc3sc4c(c3c2=O)CCCC4)c2ccccc21. The minimum absolute atomic E-state index is 0.193. The standard InChI is InChI=1S/C19H16N4O2S/c1-22-13-8-4-2-6-11(13)16(19(22)25)21-23-10-20-17-15(18(23)24)12-7-3-5-9-14(12)26-17/h2,4,6,8,10H,3,5,7,9H2,1H3. The molecule has 1 aliphatic carbocycles. The molecule has 1 aromatic carbocycles. The maximum absolute atomic E-state index is 13.0. The van der Waals surface area contributed by atoms with E-state index in [-0.39, 0.29) is 17.2 Å². The Bertz CT molecular complexity index is 1160. The molecule has 0 bridgehead atoms. The number of benzene rings is 1. The van der Waals surface area contributed by atoms with Crippen molar-refractivity contribution in [2.24, 2.45) is 5.10 Å². The number of carbonyl (C=O) groups is 1. The molecule has 1 amide bonds. The van der Waals surface area contributed by atoms with Gasteiger partial charge in [-0.3, -0.25) is 9.59 Å². The zero-order valence-electron chi connectivity index (χ0n) is 14.2. The molecule has 6 nitrogen and oxygen atoms in total. The van der Waals surface area contributed by atoms with Crippen molar-refractivity contribution in [3.8, 4) is 0 Å². The first kappa shape index (κ1) is 15.5. The monoisotopic (exact) mass is 364 g/mol. The van der Waals surface area contributed by atoms with Crippen molar-refractivity contribution in [2.75, 3.05) is 11.9 Å². The quantitative estimate of drug-likeness (QED) is 0.666. The number of carbonyl (C=O) groups excluding carboxylic acids is 1. The minimum Gasteiger partial charge on any atom is -0.309 e. The molecule has 3 aromatic rings. The Kier molecular flexibility index (Phi) is 3.33. The van der Waals surface area contributed by atoms with E-state index in [0.29, 0.717) is 5.39 Å². The summed E-state index contributed by atoms with van der Waals surface area (Å²) in [6.07, 6.45) is 5.61. The van der Waals surface area contributed by atoms with Crippen molar-refractivity contribution in [3.05, 3.63) is 57.0 Å². The van der Waals surface area contributed by atoms with Gasteiger partial charge in [-0.15, -0.1) is 11.3 Å². The average Bonchev–Trinajstić information content (AvgIpc) is 3.16. The largest absolute Gasteiger partial charge is 0.309 e. The maximum Gasteiger partial charge on any atom is 0.282 e. The van der Waals surface area contributed by atoms with Gasteiger partial charge in [-0.2, -0.15) is 9.78 Å². The molecule has 0 fully saturated rings. The van der Waals surface area contributed by atoms with Crippen molar-refractivity contribution >= 4 is 38.9 Å². The highest BCUT2D eigenvalue weighted by molar-refractivity contribution is 7.18. The van der Waals surface area contributed by atoms with Crippen LogP contribution in [0.4, 0.5) is 5.69 Å². The molecule has 7 heteroatoms. The summed E-state index contributed by atoms with van der Waals surface area (Å²) in [6.45, 7) is 0. The number of thiophene rings is 1. The maximum atomic E-state index is 13.0. The van der Waals surface area contributed by atoms with Crippen LogP contribution < -0.4 is 10.5 Å². The van der Waals surface area contributed by atoms with Crippen LogP contribution in [0.15, 0.2) is 40.5 Å². The van der Waals surface area contributed by atoms with Crippen molar-refractivity contribution in [2.45, 2.75) is 25.7 Å². The molecule has 0 N–H and O–H groups in total. The smallest absolute Gasteiger partial charge is 0.282 e. The van der Waals surface area contributed by atoms with Gasteiger partial charge in [-0.05, 0) is 37.3 Å². The number of fused-ring (bicyclic) bond motifs is 4. The lowest BCUT2D eigenvalue weighted by Crippen LogP contribution is -2.27. The van der Waals surface area contributed by atoms with E-state index in [1.807, 2.05) is 24.3 Å². The van der Waals surface area contributed by atoms with Gasteiger partial charge in [0.25, 0.3) is 11.5 Å². The van der Waals surface area contributed by atoms with Crippen LogP contribution in [-0.2, 0) is 17.6 Å². The number of likely N-dealkylation sites (N-methyl/N-ethyl adjacent to an activating group) is 1. The third-order valence-electron chi connectivity index (χ3n) is 5.09. The highest BCUT2D eigenvalue weighted by atomic mass is 32.1. The van der Waals surface area contributed by atoms with Crippen molar-refractivity contribution in [1.29, 1.82) is 0 Å². The van der Waals surface area contributed by atoms with E-state index in [1.54, 1.807) is 23.3 Å². The zero-order chi connectivity index (χ0) is 17.8. The zero-order valence-corrected chi connectivity index (χ0v) is 15.0. The molecule has 2 aliphatic rings. The first-order valence-electron chi connectivity index (χ1n) is 8.63. The molecule has 0 saturated heterocycles. The number of amides is 1. The average molecular weight is 364 g/mol. The summed E-state index contributed by atoms with van der Waals surface area (Å²) in [6, 6.07) is 7.46. The molecule has 0 radical (unpaired) electrons. The Morgan fingerprint density at radius 3 is 2.85 bits per heavy atom. The number of nitrogens with zero attached hydrogens (tertiary/aromatic N) is 4. The molecule has 130 valence electrons. The fraction of sp³-hybridized carbons (Fsp3) is 0.263. The Hall–Kier alpha value is -2.80. The Balaban J connectivity index is 1.71. The molecular weight excluding hydrogens is 348 g/mol. The summed E-state index contributed by atoms with van der Waals surface area (Å²) in [5, 5.41) is 5.05. The summed E-state index contributed by atoms with van der Waals surface area (Å²) in [4.78, 5) is 33.7. The summed E-state index contributed by atoms with van der Waals surface area (Å²) in [5.74, 6) is -0.217. The van der Waals surface area contributed by atoms with Crippen LogP contribution >= 0.6 is 11.3 Å². The van der Waals surface area contributed by atoms with Crippen LogP contribution in [0.5, 0.6) is 0 Å². The molecular formula is C19H16N4O2S.